The molecule has 0 amide bonds. The number of rotatable bonds is 4. The molecule has 0 spiro atoms. The fourth-order valence-electron chi connectivity index (χ4n) is 1.26. The second-order valence-corrected chi connectivity index (χ2v) is 2.81. The normalized spacial score (nSPS) is 18.8. The first kappa shape index (κ1) is 12.2. The summed E-state index contributed by atoms with van der Waals surface area (Å²) < 4.78 is 10.5. The van der Waals surface area contributed by atoms with E-state index in [1.165, 1.54) is 0 Å². The Morgan fingerprint density at radius 1 is 1.25 bits per heavy atom. The Kier molecular flexibility index (Phi) is 7.91. The van der Waals surface area contributed by atoms with Gasteiger partial charge in [0.05, 0.1) is 19.3 Å². The molecule has 1 heterocycles. The summed E-state index contributed by atoms with van der Waals surface area (Å²) in [5.41, 5.74) is 0. The molecule has 3 nitrogen and oxygen atoms in total. The molecule has 1 rings (SSSR count). The van der Waals surface area contributed by atoms with Gasteiger partial charge < -0.3 is 14.8 Å². The Morgan fingerprint density at radius 3 is 2.50 bits per heavy atom. The van der Waals surface area contributed by atoms with Crippen molar-refractivity contribution in [3.8, 4) is 0 Å². The Labute approximate surface area is 80.2 Å². The Hall–Kier alpha value is 0.170. The molecule has 0 aromatic heterocycles. The van der Waals surface area contributed by atoms with Gasteiger partial charge in [-0.15, -0.1) is 12.4 Å². The van der Waals surface area contributed by atoms with E-state index in [-0.39, 0.29) is 12.4 Å². The number of ether oxygens (including phenoxy) is 2. The number of hydrogen-bond acceptors (Lipinski definition) is 3. The second kappa shape index (κ2) is 7.80. The number of hydrogen-bond donors (Lipinski definition) is 1. The van der Waals surface area contributed by atoms with Crippen LogP contribution >= 0.6 is 12.4 Å². The molecule has 0 saturated carbocycles. The smallest absolute Gasteiger partial charge is 0.0704 e. The first-order valence-electron chi connectivity index (χ1n) is 4.24. The van der Waals surface area contributed by atoms with Gasteiger partial charge in [-0.1, -0.05) is 0 Å². The number of halogens is 1. The largest absolute Gasteiger partial charge is 0.382 e. The van der Waals surface area contributed by atoms with Gasteiger partial charge in [0.1, 0.15) is 0 Å². The summed E-state index contributed by atoms with van der Waals surface area (Å²) >= 11 is 0. The molecule has 0 radical (unpaired) electrons. The monoisotopic (exact) mass is 195 g/mol. The van der Waals surface area contributed by atoms with Crippen molar-refractivity contribution in [2.75, 3.05) is 33.4 Å². The Morgan fingerprint density at radius 2 is 1.92 bits per heavy atom. The molecule has 1 N–H and O–H groups in total. The quantitative estimate of drug-likeness (QED) is 0.674. The topological polar surface area (TPSA) is 30.5 Å². The van der Waals surface area contributed by atoms with E-state index in [1.54, 1.807) is 7.11 Å². The zero-order valence-electron chi connectivity index (χ0n) is 7.54. The van der Waals surface area contributed by atoms with Crippen molar-refractivity contribution in [2.45, 2.75) is 18.9 Å². The van der Waals surface area contributed by atoms with E-state index in [2.05, 4.69) is 5.32 Å². The van der Waals surface area contributed by atoms with Gasteiger partial charge >= 0.3 is 0 Å². The van der Waals surface area contributed by atoms with Crippen molar-refractivity contribution in [3.63, 3.8) is 0 Å². The molecule has 0 atom stereocenters. The summed E-state index contributed by atoms with van der Waals surface area (Å²) in [6.45, 7) is 3.64. The average molecular weight is 196 g/mol. The number of nitrogens with one attached hydrogen (secondary N) is 1. The van der Waals surface area contributed by atoms with Crippen LogP contribution in [0.5, 0.6) is 0 Å². The molecule has 4 heteroatoms. The van der Waals surface area contributed by atoms with Crippen molar-refractivity contribution in [1.29, 1.82) is 0 Å². The molecule has 0 aliphatic carbocycles. The standard InChI is InChI=1S/C8H17NO2.ClH/c1-10-6-7-11-8-2-4-9-5-3-8;/h8-9H,2-7H2,1H3;1H. The van der Waals surface area contributed by atoms with Crippen LogP contribution in [0.2, 0.25) is 0 Å². The molecule has 12 heavy (non-hydrogen) atoms. The van der Waals surface area contributed by atoms with Gasteiger partial charge in [-0.2, -0.15) is 0 Å². The van der Waals surface area contributed by atoms with E-state index in [9.17, 15) is 0 Å². The predicted molar refractivity (Wildman–Crippen MR) is 51.0 cm³/mol. The summed E-state index contributed by atoms with van der Waals surface area (Å²) in [4.78, 5) is 0. The van der Waals surface area contributed by atoms with Crippen molar-refractivity contribution < 1.29 is 9.47 Å². The molecule has 74 valence electrons. The van der Waals surface area contributed by atoms with Gasteiger partial charge in [0, 0.05) is 7.11 Å². The molecule has 0 unspecified atom stereocenters. The first-order chi connectivity index (χ1) is 5.43. The van der Waals surface area contributed by atoms with E-state index >= 15 is 0 Å². The van der Waals surface area contributed by atoms with Gasteiger partial charge in [-0.25, -0.2) is 0 Å². The lowest BCUT2D eigenvalue weighted by Gasteiger charge is -2.22. The molecule has 1 saturated heterocycles. The molecular weight excluding hydrogens is 178 g/mol. The maximum Gasteiger partial charge on any atom is 0.0704 e. The highest BCUT2D eigenvalue weighted by Crippen LogP contribution is 2.06. The molecule has 1 aliphatic rings. The SMILES string of the molecule is COCCOC1CCNCC1.Cl. The third-order valence-electron chi connectivity index (χ3n) is 1.93. The zero-order chi connectivity index (χ0) is 7.94. The third-order valence-corrected chi connectivity index (χ3v) is 1.93. The van der Waals surface area contributed by atoms with Crippen LogP contribution in [0.3, 0.4) is 0 Å². The first-order valence-corrected chi connectivity index (χ1v) is 4.24. The second-order valence-electron chi connectivity index (χ2n) is 2.81. The lowest BCUT2D eigenvalue weighted by Crippen LogP contribution is -2.33. The number of piperidine rings is 1. The van der Waals surface area contributed by atoms with Gasteiger partial charge in [0.25, 0.3) is 0 Å². The minimum atomic E-state index is 0. The van der Waals surface area contributed by atoms with Crippen LogP contribution in [0, 0.1) is 0 Å². The molecule has 0 aromatic rings. The van der Waals surface area contributed by atoms with Crippen LogP contribution in [0.4, 0.5) is 0 Å². The summed E-state index contributed by atoms with van der Waals surface area (Å²) in [7, 11) is 1.70. The van der Waals surface area contributed by atoms with Crippen LogP contribution in [0.25, 0.3) is 0 Å². The predicted octanol–water partition coefficient (Wildman–Crippen LogP) is 0.823. The van der Waals surface area contributed by atoms with Gasteiger partial charge in [0.2, 0.25) is 0 Å². The molecule has 1 aliphatic heterocycles. The molecule has 0 bridgehead atoms. The van der Waals surface area contributed by atoms with E-state index in [1.807, 2.05) is 0 Å². The molecule has 1 fully saturated rings. The molecule has 0 aromatic carbocycles. The minimum absolute atomic E-state index is 0. The Bertz CT molecular complexity index is 97.1. The van der Waals surface area contributed by atoms with Crippen molar-refractivity contribution in [1.82, 2.24) is 5.32 Å². The lowest BCUT2D eigenvalue weighted by molar-refractivity contribution is 0.00321. The number of methoxy groups -OCH3 is 1. The summed E-state index contributed by atoms with van der Waals surface area (Å²) in [6.07, 6.45) is 2.75. The van der Waals surface area contributed by atoms with E-state index in [0.29, 0.717) is 12.7 Å². The Balaban J connectivity index is 0.00000121. The van der Waals surface area contributed by atoms with E-state index in [4.69, 9.17) is 9.47 Å². The van der Waals surface area contributed by atoms with Crippen LogP contribution in [0.1, 0.15) is 12.8 Å². The molecular formula is C8H18ClNO2. The van der Waals surface area contributed by atoms with Crippen molar-refractivity contribution >= 4 is 12.4 Å². The average Bonchev–Trinajstić information content (AvgIpc) is 2.07. The van der Waals surface area contributed by atoms with Crippen molar-refractivity contribution in [3.05, 3.63) is 0 Å². The van der Waals surface area contributed by atoms with Crippen LogP contribution in [0.15, 0.2) is 0 Å². The van der Waals surface area contributed by atoms with Crippen molar-refractivity contribution in [2.24, 2.45) is 0 Å². The maximum atomic E-state index is 5.56. The highest BCUT2D eigenvalue weighted by molar-refractivity contribution is 5.85. The fraction of sp³-hybridized carbons (Fsp3) is 1.00. The summed E-state index contributed by atoms with van der Waals surface area (Å²) in [5, 5.41) is 3.29. The van der Waals surface area contributed by atoms with Gasteiger partial charge in [0.15, 0.2) is 0 Å². The highest BCUT2D eigenvalue weighted by Gasteiger charge is 2.12. The van der Waals surface area contributed by atoms with Crippen LogP contribution < -0.4 is 5.32 Å². The maximum absolute atomic E-state index is 5.56. The summed E-state index contributed by atoms with van der Waals surface area (Å²) in [6, 6.07) is 0. The third kappa shape index (κ3) is 4.93. The highest BCUT2D eigenvalue weighted by atomic mass is 35.5. The lowest BCUT2D eigenvalue weighted by atomic mass is 10.1. The van der Waals surface area contributed by atoms with Crippen LogP contribution in [-0.4, -0.2) is 39.5 Å². The fourth-order valence-corrected chi connectivity index (χ4v) is 1.26. The van der Waals surface area contributed by atoms with E-state index < -0.39 is 0 Å². The van der Waals surface area contributed by atoms with Crippen LogP contribution in [-0.2, 0) is 9.47 Å². The minimum Gasteiger partial charge on any atom is -0.382 e. The van der Waals surface area contributed by atoms with Gasteiger partial charge in [-0.05, 0) is 25.9 Å². The van der Waals surface area contributed by atoms with E-state index in [0.717, 1.165) is 32.5 Å². The summed E-state index contributed by atoms with van der Waals surface area (Å²) in [5.74, 6) is 0. The zero-order valence-corrected chi connectivity index (χ0v) is 8.36. The van der Waals surface area contributed by atoms with Gasteiger partial charge in [-0.3, -0.25) is 0 Å².